The Labute approximate surface area is 94.2 Å². The third kappa shape index (κ3) is 2.08. The lowest BCUT2D eigenvalue weighted by Gasteiger charge is -2.32. The number of carbonyl (C=O) groups excluding carboxylic acids is 3. The Bertz CT molecular complexity index is 325. The number of rotatable bonds is 2. The molecule has 4 amide bonds. The summed E-state index contributed by atoms with van der Waals surface area (Å²) in [5, 5.41) is 2.18. The zero-order chi connectivity index (χ0) is 11.8. The van der Waals surface area contributed by atoms with Crippen molar-refractivity contribution in [3.63, 3.8) is 0 Å². The summed E-state index contributed by atoms with van der Waals surface area (Å²) in [5.41, 5.74) is 0.0351. The number of nitrogens with one attached hydrogen (secondary N) is 1. The SMILES string of the molecule is CC1(CN2C(=O)CC(=O)NC2=O)CCCC1. The fourth-order valence-electron chi connectivity index (χ4n) is 2.51. The van der Waals surface area contributed by atoms with Crippen molar-refractivity contribution in [1.29, 1.82) is 0 Å². The van der Waals surface area contributed by atoms with Crippen molar-refractivity contribution in [1.82, 2.24) is 10.2 Å². The molecule has 1 saturated heterocycles. The molecule has 0 radical (unpaired) electrons. The van der Waals surface area contributed by atoms with E-state index in [1.165, 1.54) is 4.90 Å². The van der Waals surface area contributed by atoms with Crippen LogP contribution in [0.4, 0.5) is 4.79 Å². The maximum Gasteiger partial charge on any atom is 0.330 e. The smallest absolute Gasteiger partial charge is 0.277 e. The summed E-state index contributed by atoms with van der Waals surface area (Å²) in [4.78, 5) is 35.3. The van der Waals surface area contributed by atoms with Gasteiger partial charge in [0.2, 0.25) is 11.8 Å². The van der Waals surface area contributed by atoms with Gasteiger partial charge >= 0.3 is 6.03 Å². The van der Waals surface area contributed by atoms with E-state index < -0.39 is 11.9 Å². The Kier molecular flexibility index (Phi) is 2.69. The van der Waals surface area contributed by atoms with Crippen molar-refractivity contribution in [2.45, 2.75) is 39.0 Å². The van der Waals surface area contributed by atoms with Crippen molar-refractivity contribution in [2.24, 2.45) is 5.41 Å². The first kappa shape index (κ1) is 11.1. The van der Waals surface area contributed by atoms with Gasteiger partial charge in [0.05, 0.1) is 0 Å². The standard InChI is InChI=1S/C11H16N2O3/c1-11(4-2-3-5-11)7-13-9(15)6-8(14)12-10(13)16/h2-7H2,1H3,(H,12,14,16). The van der Waals surface area contributed by atoms with Crippen LogP contribution in [-0.2, 0) is 9.59 Å². The maximum atomic E-state index is 11.6. The number of nitrogens with zero attached hydrogens (tertiary/aromatic N) is 1. The molecule has 2 rings (SSSR count). The molecule has 0 aromatic rings. The maximum absolute atomic E-state index is 11.6. The van der Waals surface area contributed by atoms with E-state index in [0.717, 1.165) is 25.7 Å². The molecular formula is C11H16N2O3. The van der Waals surface area contributed by atoms with Crippen LogP contribution in [0.25, 0.3) is 0 Å². The van der Waals surface area contributed by atoms with Gasteiger partial charge in [-0.2, -0.15) is 0 Å². The number of barbiturate groups is 1. The molecule has 88 valence electrons. The highest BCUT2D eigenvalue weighted by atomic mass is 16.2. The van der Waals surface area contributed by atoms with Gasteiger partial charge in [0.1, 0.15) is 6.42 Å². The fraction of sp³-hybridized carbons (Fsp3) is 0.727. The average Bonchev–Trinajstić information content (AvgIpc) is 2.59. The Morgan fingerprint density at radius 2 is 1.88 bits per heavy atom. The van der Waals surface area contributed by atoms with Crippen LogP contribution in [0, 0.1) is 5.41 Å². The van der Waals surface area contributed by atoms with Gasteiger partial charge < -0.3 is 0 Å². The Morgan fingerprint density at radius 1 is 1.25 bits per heavy atom. The van der Waals surface area contributed by atoms with Gasteiger partial charge in [0, 0.05) is 6.54 Å². The lowest BCUT2D eigenvalue weighted by molar-refractivity contribution is -0.137. The minimum atomic E-state index is -0.561. The molecule has 5 heteroatoms. The molecule has 1 aliphatic carbocycles. The van der Waals surface area contributed by atoms with Crippen LogP contribution in [0.15, 0.2) is 0 Å². The second-order valence-corrected chi connectivity index (χ2v) is 5.03. The summed E-state index contributed by atoms with van der Waals surface area (Å²) in [5.74, 6) is -0.871. The van der Waals surface area contributed by atoms with Crippen molar-refractivity contribution in [3.05, 3.63) is 0 Å². The molecule has 0 aromatic heterocycles. The van der Waals surface area contributed by atoms with Gasteiger partial charge in [-0.25, -0.2) is 4.79 Å². The van der Waals surface area contributed by atoms with Gasteiger partial charge in [-0.3, -0.25) is 19.8 Å². The van der Waals surface area contributed by atoms with E-state index in [9.17, 15) is 14.4 Å². The van der Waals surface area contributed by atoms with Crippen LogP contribution in [0.2, 0.25) is 0 Å². The summed E-state index contributed by atoms with van der Waals surface area (Å²) in [7, 11) is 0. The molecule has 0 spiro atoms. The van der Waals surface area contributed by atoms with E-state index in [1.54, 1.807) is 0 Å². The zero-order valence-corrected chi connectivity index (χ0v) is 9.41. The summed E-state index contributed by atoms with van der Waals surface area (Å²) in [6.07, 6.45) is 4.18. The first-order valence-corrected chi connectivity index (χ1v) is 5.64. The largest absolute Gasteiger partial charge is 0.330 e. The van der Waals surface area contributed by atoms with E-state index in [-0.39, 0.29) is 17.7 Å². The zero-order valence-electron chi connectivity index (χ0n) is 9.41. The lowest BCUT2D eigenvalue weighted by Crippen LogP contribution is -2.55. The monoisotopic (exact) mass is 224 g/mol. The van der Waals surface area contributed by atoms with Crippen LogP contribution in [0.3, 0.4) is 0 Å². The molecule has 2 fully saturated rings. The van der Waals surface area contributed by atoms with E-state index >= 15 is 0 Å². The number of amides is 4. The van der Waals surface area contributed by atoms with E-state index in [1.807, 2.05) is 0 Å². The van der Waals surface area contributed by atoms with Gasteiger partial charge in [-0.1, -0.05) is 19.8 Å². The molecule has 1 saturated carbocycles. The molecular weight excluding hydrogens is 208 g/mol. The van der Waals surface area contributed by atoms with Crippen LogP contribution in [-0.4, -0.2) is 29.3 Å². The number of hydrogen-bond donors (Lipinski definition) is 1. The van der Waals surface area contributed by atoms with Crippen molar-refractivity contribution in [3.8, 4) is 0 Å². The molecule has 1 heterocycles. The molecule has 1 aliphatic heterocycles. The van der Waals surface area contributed by atoms with Crippen molar-refractivity contribution < 1.29 is 14.4 Å². The minimum absolute atomic E-state index is 0.0351. The van der Waals surface area contributed by atoms with Gasteiger partial charge in [-0.05, 0) is 18.3 Å². The number of carbonyl (C=O) groups is 3. The molecule has 5 nitrogen and oxygen atoms in total. The highest BCUT2D eigenvalue weighted by Gasteiger charge is 2.38. The average molecular weight is 224 g/mol. The van der Waals surface area contributed by atoms with Gasteiger partial charge in [0.15, 0.2) is 0 Å². The van der Waals surface area contributed by atoms with E-state index in [0.29, 0.717) is 6.54 Å². The molecule has 16 heavy (non-hydrogen) atoms. The molecule has 0 atom stereocenters. The van der Waals surface area contributed by atoms with E-state index in [4.69, 9.17) is 0 Å². The molecule has 1 N–H and O–H groups in total. The van der Waals surface area contributed by atoms with Crippen LogP contribution in [0.5, 0.6) is 0 Å². The number of urea groups is 1. The Hall–Kier alpha value is -1.39. The highest BCUT2D eigenvalue weighted by molar-refractivity contribution is 6.14. The second-order valence-electron chi connectivity index (χ2n) is 5.03. The lowest BCUT2D eigenvalue weighted by atomic mass is 9.88. The van der Waals surface area contributed by atoms with Crippen molar-refractivity contribution in [2.75, 3.05) is 6.54 Å². The highest BCUT2D eigenvalue weighted by Crippen LogP contribution is 2.38. The molecule has 0 aromatic carbocycles. The topological polar surface area (TPSA) is 66.5 Å². The summed E-state index contributed by atoms with van der Waals surface area (Å²) in [6.45, 7) is 2.53. The second kappa shape index (κ2) is 3.88. The Morgan fingerprint density at radius 3 is 2.44 bits per heavy atom. The van der Waals surface area contributed by atoms with Crippen LogP contribution in [0.1, 0.15) is 39.0 Å². The predicted molar refractivity (Wildman–Crippen MR) is 56.4 cm³/mol. The summed E-state index contributed by atoms with van der Waals surface area (Å²) < 4.78 is 0. The van der Waals surface area contributed by atoms with Crippen LogP contribution < -0.4 is 5.32 Å². The van der Waals surface area contributed by atoms with Gasteiger partial charge in [-0.15, -0.1) is 0 Å². The normalized spacial score (nSPS) is 24.8. The van der Waals surface area contributed by atoms with Gasteiger partial charge in [0.25, 0.3) is 0 Å². The fourth-order valence-corrected chi connectivity index (χ4v) is 2.51. The number of hydrogen-bond acceptors (Lipinski definition) is 3. The molecule has 2 aliphatic rings. The first-order valence-electron chi connectivity index (χ1n) is 5.64. The van der Waals surface area contributed by atoms with Crippen molar-refractivity contribution >= 4 is 17.8 Å². The quantitative estimate of drug-likeness (QED) is 0.712. The summed E-state index contributed by atoms with van der Waals surface area (Å²) in [6, 6.07) is -0.561. The Balaban J connectivity index is 2.06. The summed E-state index contributed by atoms with van der Waals surface area (Å²) >= 11 is 0. The molecule has 0 unspecified atom stereocenters. The third-order valence-corrected chi connectivity index (χ3v) is 3.45. The molecule has 0 bridgehead atoms. The first-order chi connectivity index (χ1) is 7.50. The minimum Gasteiger partial charge on any atom is -0.277 e. The predicted octanol–water partition coefficient (Wildman–Crippen LogP) is 1.04. The van der Waals surface area contributed by atoms with E-state index in [2.05, 4.69) is 12.2 Å². The number of imide groups is 2. The third-order valence-electron chi connectivity index (χ3n) is 3.45. The van der Waals surface area contributed by atoms with Crippen LogP contribution >= 0.6 is 0 Å².